The van der Waals surface area contributed by atoms with Crippen LogP contribution in [-0.4, -0.2) is 48.2 Å². The number of carbonyl (C=O) groups excluding carboxylic acids is 1. The highest BCUT2D eigenvalue weighted by molar-refractivity contribution is 5.87. The van der Waals surface area contributed by atoms with Crippen LogP contribution in [0.3, 0.4) is 0 Å². The van der Waals surface area contributed by atoms with Crippen LogP contribution < -0.4 is 9.47 Å². The SMILES string of the molecule is CN1C(=O)[C@@H](c2ccccc2)CC12CCN(Cc1ccc3c(c1)OCO3)CC2. The molecule has 0 aliphatic carbocycles. The molecule has 2 aromatic carbocycles. The minimum Gasteiger partial charge on any atom is -0.454 e. The van der Waals surface area contributed by atoms with Gasteiger partial charge in [-0.1, -0.05) is 36.4 Å². The highest BCUT2D eigenvalue weighted by Crippen LogP contribution is 2.45. The van der Waals surface area contributed by atoms with E-state index in [4.69, 9.17) is 9.47 Å². The maximum Gasteiger partial charge on any atom is 0.231 e. The molecule has 3 aliphatic heterocycles. The molecule has 28 heavy (non-hydrogen) atoms. The Morgan fingerprint density at radius 1 is 1.04 bits per heavy atom. The average Bonchev–Trinajstić information content (AvgIpc) is 3.29. The fourth-order valence-electron chi connectivity index (χ4n) is 4.98. The van der Waals surface area contributed by atoms with Crippen LogP contribution in [0.2, 0.25) is 0 Å². The largest absolute Gasteiger partial charge is 0.454 e. The molecule has 2 fully saturated rings. The second kappa shape index (κ2) is 6.82. The molecule has 5 nitrogen and oxygen atoms in total. The summed E-state index contributed by atoms with van der Waals surface area (Å²) in [6.45, 7) is 3.24. The number of ether oxygens (including phenoxy) is 2. The molecule has 5 rings (SSSR count). The second-order valence-electron chi connectivity index (χ2n) is 8.25. The van der Waals surface area contributed by atoms with E-state index in [1.165, 1.54) is 5.56 Å². The van der Waals surface area contributed by atoms with Crippen molar-refractivity contribution in [2.24, 2.45) is 0 Å². The first-order valence-electron chi connectivity index (χ1n) is 10.1. The second-order valence-corrected chi connectivity index (χ2v) is 8.25. The van der Waals surface area contributed by atoms with Crippen molar-refractivity contribution in [3.8, 4) is 11.5 Å². The normalized spacial score (nSPS) is 23.5. The van der Waals surface area contributed by atoms with Crippen molar-refractivity contribution in [2.45, 2.75) is 37.3 Å². The van der Waals surface area contributed by atoms with Crippen LogP contribution in [0, 0.1) is 0 Å². The number of hydrogen-bond donors (Lipinski definition) is 0. The van der Waals surface area contributed by atoms with Gasteiger partial charge in [0.1, 0.15) is 0 Å². The summed E-state index contributed by atoms with van der Waals surface area (Å²) < 4.78 is 10.9. The third kappa shape index (κ3) is 2.94. The molecule has 1 amide bonds. The van der Waals surface area contributed by atoms with Crippen LogP contribution in [0.15, 0.2) is 48.5 Å². The summed E-state index contributed by atoms with van der Waals surface area (Å²) in [6, 6.07) is 16.4. The van der Waals surface area contributed by atoms with Crippen molar-refractivity contribution >= 4 is 5.91 Å². The summed E-state index contributed by atoms with van der Waals surface area (Å²) in [5.74, 6) is 1.96. The maximum absolute atomic E-state index is 12.9. The van der Waals surface area contributed by atoms with Gasteiger partial charge >= 0.3 is 0 Å². The van der Waals surface area contributed by atoms with Gasteiger partial charge in [0.25, 0.3) is 0 Å². The number of piperidine rings is 1. The van der Waals surface area contributed by atoms with Crippen molar-refractivity contribution in [3.05, 3.63) is 59.7 Å². The molecule has 5 heteroatoms. The van der Waals surface area contributed by atoms with Crippen LogP contribution in [0.25, 0.3) is 0 Å². The number of fused-ring (bicyclic) bond motifs is 1. The summed E-state index contributed by atoms with van der Waals surface area (Å²) in [4.78, 5) is 17.5. The first kappa shape index (κ1) is 17.6. The molecule has 2 aromatic rings. The van der Waals surface area contributed by atoms with Crippen LogP contribution >= 0.6 is 0 Å². The van der Waals surface area contributed by atoms with Gasteiger partial charge in [-0.15, -0.1) is 0 Å². The third-order valence-electron chi connectivity index (χ3n) is 6.76. The fraction of sp³-hybridized carbons (Fsp3) is 0.435. The number of nitrogens with zero attached hydrogens (tertiary/aromatic N) is 2. The van der Waals surface area contributed by atoms with E-state index in [2.05, 4.69) is 29.2 Å². The smallest absolute Gasteiger partial charge is 0.231 e. The van der Waals surface area contributed by atoms with Crippen molar-refractivity contribution in [1.29, 1.82) is 0 Å². The molecular formula is C23H26N2O3. The Morgan fingerprint density at radius 2 is 1.79 bits per heavy atom. The zero-order valence-electron chi connectivity index (χ0n) is 16.3. The van der Waals surface area contributed by atoms with E-state index in [0.29, 0.717) is 6.79 Å². The molecule has 0 unspecified atom stereocenters. The van der Waals surface area contributed by atoms with Gasteiger partial charge in [-0.25, -0.2) is 0 Å². The van der Waals surface area contributed by atoms with Crippen molar-refractivity contribution < 1.29 is 14.3 Å². The van der Waals surface area contributed by atoms with Crippen molar-refractivity contribution in [3.63, 3.8) is 0 Å². The highest BCUT2D eigenvalue weighted by Gasteiger charge is 2.50. The van der Waals surface area contributed by atoms with E-state index in [0.717, 1.165) is 56.0 Å². The Balaban J connectivity index is 1.25. The number of likely N-dealkylation sites (tertiary alicyclic amines) is 2. The van der Waals surface area contributed by atoms with Crippen molar-refractivity contribution in [2.75, 3.05) is 26.9 Å². The number of amides is 1. The molecule has 146 valence electrons. The molecule has 3 aliphatic rings. The Morgan fingerprint density at radius 3 is 2.57 bits per heavy atom. The molecule has 0 aromatic heterocycles. The monoisotopic (exact) mass is 378 g/mol. The van der Waals surface area contributed by atoms with E-state index in [1.54, 1.807) is 0 Å². The van der Waals surface area contributed by atoms with E-state index in [-0.39, 0.29) is 17.4 Å². The summed E-state index contributed by atoms with van der Waals surface area (Å²) in [6.07, 6.45) is 3.00. The highest BCUT2D eigenvalue weighted by atomic mass is 16.7. The molecule has 0 bridgehead atoms. The molecule has 3 heterocycles. The zero-order valence-corrected chi connectivity index (χ0v) is 16.3. The summed E-state index contributed by atoms with van der Waals surface area (Å²) in [5.41, 5.74) is 2.40. The lowest BCUT2D eigenvalue weighted by Crippen LogP contribution is -2.51. The minimum atomic E-state index is 0.00295. The first-order valence-corrected chi connectivity index (χ1v) is 10.1. The predicted octanol–water partition coefficient (Wildman–Crippen LogP) is 3.40. The summed E-state index contributed by atoms with van der Waals surface area (Å²) >= 11 is 0. The van der Waals surface area contributed by atoms with Gasteiger partial charge in [0.15, 0.2) is 11.5 Å². The molecular weight excluding hydrogens is 352 g/mol. The van der Waals surface area contributed by atoms with Gasteiger partial charge in [-0.05, 0) is 42.5 Å². The third-order valence-corrected chi connectivity index (χ3v) is 6.76. The van der Waals surface area contributed by atoms with Gasteiger partial charge in [0.2, 0.25) is 12.7 Å². The van der Waals surface area contributed by atoms with Crippen LogP contribution in [0.4, 0.5) is 0 Å². The fourth-order valence-corrected chi connectivity index (χ4v) is 4.98. The lowest BCUT2D eigenvalue weighted by atomic mass is 9.81. The van der Waals surface area contributed by atoms with Gasteiger partial charge in [0, 0.05) is 32.2 Å². The van der Waals surface area contributed by atoms with E-state index in [9.17, 15) is 4.79 Å². The Kier molecular flexibility index (Phi) is 4.27. The summed E-state index contributed by atoms with van der Waals surface area (Å²) in [7, 11) is 2.00. The van der Waals surface area contributed by atoms with Crippen molar-refractivity contribution in [1.82, 2.24) is 9.80 Å². The first-order chi connectivity index (χ1) is 13.6. The van der Waals surface area contributed by atoms with Gasteiger partial charge in [0.05, 0.1) is 5.92 Å². The molecule has 0 saturated carbocycles. The number of rotatable bonds is 3. The average molecular weight is 378 g/mol. The lowest BCUT2D eigenvalue weighted by molar-refractivity contribution is -0.131. The number of likely N-dealkylation sites (N-methyl/N-ethyl adjacent to an activating group) is 1. The Hall–Kier alpha value is -2.53. The van der Waals surface area contributed by atoms with Crippen LogP contribution in [-0.2, 0) is 11.3 Å². The zero-order chi connectivity index (χ0) is 19.1. The standard InChI is InChI=1S/C23H26N2O3/c1-24-22(26)19(18-5-3-2-4-6-18)14-23(24)9-11-25(12-10-23)15-17-7-8-20-21(13-17)28-16-27-20/h2-8,13,19H,9-12,14-16H2,1H3/t19-/m1/s1. The van der Waals surface area contributed by atoms with E-state index >= 15 is 0 Å². The number of carbonyl (C=O) groups is 1. The molecule has 1 spiro atoms. The number of hydrogen-bond acceptors (Lipinski definition) is 4. The minimum absolute atomic E-state index is 0.00295. The quantitative estimate of drug-likeness (QED) is 0.821. The lowest BCUT2D eigenvalue weighted by Gasteiger charge is -2.43. The topological polar surface area (TPSA) is 42.0 Å². The molecule has 0 N–H and O–H groups in total. The van der Waals surface area contributed by atoms with E-state index < -0.39 is 0 Å². The Labute approximate surface area is 165 Å². The van der Waals surface area contributed by atoms with Gasteiger partial charge < -0.3 is 14.4 Å². The van der Waals surface area contributed by atoms with Crippen LogP contribution in [0.1, 0.15) is 36.3 Å². The summed E-state index contributed by atoms with van der Waals surface area (Å²) in [5, 5.41) is 0. The van der Waals surface area contributed by atoms with Gasteiger partial charge in [-0.2, -0.15) is 0 Å². The number of benzene rings is 2. The predicted molar refractivity (Wildman–Crippen MR) is 106 cm³/mol. The van der Waals surface area contributed by atoms with Crippen LogP contribution in [0.5, 0.6) is 11.5 Å². The molecule has 2 saturated heterocycles. The Bertz CT molecular complexity index is 875. The molecule has 1 atom stereocenters. The van der Waals surface area contributed by atoms with Gasteiger partial charge in [-0.3, -0.25) is 9.69 Å². The maximum atomic E-state index is 12.9. The van der Waals surface area contributed by atoms with E-state index in [1.807, 2.05) is 36.2 Å². The molecule has 0 radical (unpaired) electrons.